The molecular formula is C15H22ClN3O3S. The first-order valence-electron chi connectivity index (χ1n) is 7.60. The Hall–Kier alpha value is -1.15. The van der Waals surface area contributed by atoms with Crippen LogP contribution < -0.4 is 10.0 Å². The fourth-order valence-electron chi connectivity index (χ4n) is 2.49. The van der Waals surface area contributed by atoms with Gasteiger partial charge in [0.2, 0.25) is 15.9 Å². The Bertz CT molecular complexity index is 643. The third kappa shape index (κ3) is 5.46. The minimum Gasteiger partial charge on any atom is -0.353 e. The van der Waals surface area contributed by atoms with Crippen molar-refractivity contribution in [2.45, 2.75) is 30.2 Å². The van der Waals surface area contributed by atoms with Crippen molar-refractivity contribution >= 4 is 27.5 Å². The number of amides is 1. The highest BCUT2D eigenvalue weighted by atomic mass is 35.5. The van der Waals surface area contributed by atoms with E-state index in [-0.39, 0.29) is 34.8 Å². The van der Waals surface area contributed by atoms with Crippen LogP contribution in [0.4, 0.5) is 0 Å². The Kier molecular flexibility index (Phi) is 6.41. The molecule has 1 amide bonds. The number of carbonyl (C=O) groups excluding carboxylic acids is 1. The van der Waals surface area contributed by atoms with Crippen LogP contribution in [-0.2, 0) is 14.8 Å². The van der Waals surface area contributed by atoms with E-state index in [4.69, 9.17) is 11.6 Å². The molecule has 1 fully saturated rings. The molecule has 2 rings (SSSR count). The highest BCUT2D eigenvalue weighted by Gasteiger charge is 2.20. The van der Waals surface area contributed by atoms with Crippen LogP contribution in [0.5, 0.6) is 0 Å². The van der Waals surface area contributed by atoms with Crippen LogP contribution in [0.3, 0.4) is 0 Å². The molecule has 8 heteroatoms. The van der Waals surface area contributed by atoms with Crippen LogP contribution in [0.15, 0.2) is 29.2 Å². The molecule has 1 aromatic rings. The first kappa shape index (κ1) is 18.2. The van der Waals surface area contributed by atoms with Crippen molar-refractivity contribution in [3.63, 3.8) is 0 Å². The Morgan fingerprint density at radius 1 is 1.30 bits per heavy atom. The van der Waals surface area contributed by atoms with Gasteiger partial charge in [-0.2, -0.15) is 0 Å². The molecule has 0 atom stereocenters. The lowest BCUT2D eigenvalue weighted by atomic mass is 10.1. The highest BCUT2D eigenvalue weighted by Crippen LogP contribution is 2.19. The second-order valence-corrected chi connectivity index (χ2v) is 7.87. The Labute approximate surface area is 142 Å². The number of likely N-dealkylation sites (tertiary alicyclic amines) is 1. The molecule has 2 N–H and O–H groups in total. The normalized spacial score (nSPS) is 17.1. The van der Waals surface area contributed by atoms with E-state index in [2.05, 4.69) is 22.0 Å². The summed E-state index contributed by atoms with van der Waals surface area (Å²) in [6.07, 6.45) is 1.96. The van der Waals surface area contributed by atoms with Crippen molar-refractivity contribution in [1.82, 2.24) is 14.9 Å². The molecule has 0 spiro atoms. The molecule has 1 saturated heterocycles. The maximum absolute atomic E-state index is 12.1. The van der Waals surface area contributed by atoms with E-state index < -0.39 is 10.0 Å². The minimum atomic E-state index is -3.70. The molecule has 0 aliphatic carbocycles. The summed E-state index contributed by atoms with van der Waals surface area (Å²) in [5.74, 6) is -0.138. The third-order valence-corrected chi connectivity index (χ3v) is 5.81. The number of nitrogens with zero attached hydrogens (tertiary/aromatic N) is 1. The van der Waals surface area contributed by atoms with Gasteiger partial charge >= 0.3 is 0 Å². The molecule has 23 heavy (non-hydrogen) atoms. The summed E-state index contributed by atoms with van der Waals surface area (Å²) in [5, 5.41) is 3.11. The molecule has 0 radical (unpaired) electrons. The van der Waals surface area contributed by atoms with Crippen molar-refractivity contribution in [2.75, 3.05) is 26.7 Å². The summed E-state index contributed by atoms with van der Waals surface area (Å²) in [5.41, 5.74) is 0. The first-order chi connectivity index (χ1) is 10.9. The number of hydrogen-bond acceptors (Lipinski definition) is 4. The molecule has 1 heterocycles. The van der Waals surface area contributed by atoms with Gasteiger partial charge in [-0.05, 0) is 45.1 Å². The van der Waals surface area contributed by atoms with Gasteiger partial charge in [-0.15, -0.1) is 0 Å². The molecule has 1 aromatic carbocycles. The van der Waals surface area contributed by atoms with E-state index in [9.17, 15) is 13.2 Å². The number of carbonyl (C=O) groups is 1. The second kappa shape index (κ2) is 8.10. The summed E-state index contributed by atoms with van der Waals surface area (Å²) in [6, 6.07) is 6.40. The quantitative estimate of drug-likeness (QED) is 0.800. The van der Waals surface area contributed by atoms with Crippen LogP contribution in [-0.4, -0.2) is 51.9 Å². The molecule has 128 valence electrons. The zero-order valence-electron chi connectivity index (χ0n) is 13.1. The summed E-state index contributed by atoms with van der Waals surface area (Å²) < 4.78 is 26.7. The molecule has 0 aromatic heterocycles. The largest absolute Gasteiger partial charge is 0.353 e. The molecule has 1 aliphatic rings. The van der Waals surface area contributed by atoms with E-state index in [0.717, 1.165) is 25.9 Å². The number of halogens is 1. The van der Waals surface area contributed by atoms with Crippen molar-refractivity contribution in [3.8, 4) is 0 Å². The van der Waals surface area contributed by atoms with Crippen LogP contribution in [0, 0.1) is 0 Å². The molecular weight excluding hydrogens is 338 g/mol. The van der Waals surface area contributed by atoms with Gasteiger partial charge in [-0.25, -0.2) is 13.1 Å². The van der Waals surface area contributed by atoms with Gasteiger partial charge in [0.25, 0.3) is 0 Å². The Morgan fingerprint density at radius 3 is 2.61 bits per heavy atom. The lowest BCUT2D eigenvalue weighted by molar-refractivity contribution is -0.121. The van der Waals surface area contributed by atoms with Crippen molar-refractivity contribution in [1.29, 1.82) is 0 Å². The smallest absolute Gasteiger partial charge is 0.242 e. The van der Waals surface area contributed by atoms with Gasteiger partial charge in [0.1, 0.15) is 4.90 Å². The van der Waals surface area contributed by atoms with E-state index in [1.54, 1.807) is 12.1 Å². The van der Waals surface area contributed by atoms with Crippen LogP contribution in [0.25, 0.3) is 0 Å². The van der Waals surface area contributed by atoms with Crippen molar-refractivity contribution in [3.05, 3.63) is 29.3 Å². The average Bonchev–Trinajstić information content (AvgIpc) is 2.49. The van der Waals surface area contributed by atoms with E-state index in [1.165, 1.54) is 12.1 Å². The van der Waals surface area contributed by atoms with Crippen molar-refractivity contribution < 1.29 is 13.2 Å². The minimum absolute atomic E-state index is 0.0254. The van der Waals surface area contributed by atoms with Crippen LogP contribution in [0.2, 0.25) is 5.02 Å². The molecule has 0 saturated carbocycles. The molecule has 1 aliphatic heterocycles. The summed E-state index contributed by atoms with van der Waals surface area (Å²) in [6.45, 7) is 1.97. The summed E-state index contributed by atoms with van der Waals surface area (Å²) in [7, 11) is -1.64. The standard InChI is InChI=1S/C15H22ClN3O3S/c1-19-10-7-12(8-11-19)18-15(20)6-9-17-23(21,22)14-5-3-2-4-13(14)16/h2-5,12,17H,6-11H2,1H3,(H,18,20). The van der Waals surface area contributed by atoms with Crippen LogP contribution in [0.1, 0.15) is 19.3 Å². The van der Waals surface area contributed by atoms with E-state index in [0.29, 0.717) is 0 Å². The Morgan fingerprint density at radius 2 is 1.96 bits per heavy atom. The first-order valence-corrected chi connectivity index (χ1v) is 9.47. The average molecular weight is 360 g/mol. The number of piperidine rings is 1. The zero-order chi connectivity index (χ0) is 16.9. The Balaban J connectivity index is 1.78. The van der Waals surface area contributed by atoms with Gasteiger partial charge in [-0.1, -0.05) is 23.7 Å². The lowest BCUT2D eigenvalue weighted by Gasteiger charge is -2.29. The number of nitrogens with one attached hydrogen (secondary N) is 2. The highest BCUT2D eigenvalue weighted by molar-refractivity contribution is 7.89. The maximum atomic E-state index is 12.1. The topological polar surface area (TPSA) is 78.5 Å². The van der Waals surface area contributed by atoms with E-state index >= 15 is 0 Å². The number of hydrogen-bond donors (Lipinski definition) is 2. The fourth-order valence-corrected chi connectivity index (χ4v) is 4.04. The number of rotatable bonds is 6. The number of sulfonamides is 1. The van der Waals surface area contributed by atoms with Gasteiger partial charge in [-0.3, -0.25) is 4.79 Å². The predicted octanol–water partition coefficient (Wildman–Crippen LogP) is 1.22. The maximum Gasteiger partial charge on any atom is 0.242 e. The third-order valence-electron chi connectivity index (χ3n) is 3.85. The van der Waals surface area contributed by atoms with Gasteiger partial charge in [0, 0.05) is 19.0 Å². The van der Waals surface area contributed by atoms with Crippen molar-refractivity contribution in [2.24, 2.45) is 0 Å². The summed E-state index contributed by atoms with van der Waals surface area (Å²) in [4.78, 5) is 14.1. The predicted molar refractivity (Wildman–Crippen MR) is 89.9 cm³/mol. The van der Waals surface area contributed by atoms with Gasteiger partial charge in [0.15, 0.2) is 0 Å². The van der Waals surface area contributed by atoms with Gasteiger partial charge in [0.05, 0.1) is 5.02 Å². The second-order valence-electron chi connectivity index (χ2n) is 5.72. The van der Waals surface area contributed by atoms with Crippen LogP contribution >= 0.6 is 11.6 Å². The summed E-state index contributed by atoms with van der Waals surface area (Å²) >= 11 is 5.89. The monoisotopic (exact) mass is 359 g/mol. The molecule has 0 bridgehead atoms. The lowest BCUT2D eigenvalue weighted by Crippen LogP contribution is -2.44. The van der Waals surface area contributed by atoms with E-state index in [1.807, 2.05) is 0 Å². The fraction of sp³-hybridized carbons (Fsp3) is 0.533. The zero-order valence-corrected chi connectivity index (χ0v) is 14.7. The van der Waals surface area contributed by atoms with Gasteiger partial charge < -0.3 is 10.2 Å². The SMILES string of the molecule is CN1CCC(NC(=O)CCNS(=O)(=O)c2ccccc2Cl)CC1. The molecule has 0 unspecified atom stereocenters. The number of benzene rings is 1. The molecule has 6 nitrogen and oxygen atoms in total.